The van der Waals surface area contributed by atoms with Gasteiger partial charge in [0.15, 0.2) is 13.6 Å². The van der Waals surface area contributed by atoms with Gasteiger partial charge >= 0.3 is 0 Å². The lowest BCUT2D eigenvalue weighted by Gasteiger charge is -2.34. The van der Waals surface area contributed by atoms with E-state index in [9.17, 15) is 0 Å². The van der Waals surface area contributed by atoms with E-state index >= 15 is 0 Å². The van der Waals surface area contributed by atoms with Gasteiger partial charge in [0.25, 0.3) is 0 Å². The molecule has 4 aromatic carbocycles. The van der Waals surface area contributed by atoms with E-state index < -0.39 is 7.92 Å². The van der Waals surface area contributed by atoms with Crippen molar-refractivity contribution in [3.8, 4) is 11.5 Å². The molecule has 0 unspecified atom stereocenters. The maximum Gasteiger partial charge on any atom is 0.189 e. The molecule has 0 aromatic heterocycles. The van der Waals surface area contributed by atoms with Gasteiger partial charge in [0.2, 0.25) is 0 Å². The predicted octanol–water partition coefficient (Wildman–Crippen LogP) is 7.02. The Labute approximate surface area is 221 Å². The second-order valence-corrected chi connectivity index (χ2v) is 12.6. The van der Waals surface area contributed by atoms with Crippen LogP contribution in [-0.4, -0.2) is 18.7 Å². The number of hydrogen-bond acceptors (Lipinski definition) is 4. The summed E-state index contributed by atoms with van der Waals surface area (Å²) in [6, 6.07) is 36.8. The van der Waals surface area contributed by atoms with Crippen molar-refractivity contribution in [1.29, 1.82) is 0 Å². The Bertz CT molecular complexity index is 1130. The fourth-order valence-electron chi connectivity index (χ4n) is 4.06. The summed E-state index contributed by atoms with van der Waals surface area (Å²) in [5.41, 5.74) is 2.24. The van der Waals surface area contributed by atoms with Crippen LogP contribution in [0.5, 0.6) is 11.5 Å². The number of hydrogen-bond donors (Lipinski definition) is 0. The van der Waals surface area contributed by atoms with Crippen LogP contribution in [-0.2, 0) is 22.7 Å². The summed E-state index contributed by atoms with van der Waals surface area (Å²) in [5.74, 6) is 1.68. The lowest BCUT2D eigenvalue weighted by Crippen LogP contribution is -2.29. The third-order valence-corrected chi connectivity index (χ3v) is 8.75. The number of para-hydroxylation sites is 2. The Morgan fingerprint density at radius 1 is 0.514 bits per heavy atom. The molecule has 0 amide bonds. The quantitative estimate of drug-likeness (QED) is 0.116. The largest absolute Gasteiger partial charge is 0.467 e. The molecule has 4 nitrogen and oxygen atoms in total. The lowest BCUT2D eigenvalue weighted by atomic mass is 10.2. The van der Waals surface area contributed by atoms with Crippen LogP contribution in [0.4, 0.5) is 0 Å². The molecule has 0 atom stereocenters. The summed E-state index contributed by atoms with van der Waals surface area (Å²) < 4.78 is 24.0. The average molecular weight is 515 g/mol. The molecule has 192 valence electrons. The highest BCUT2D eigenvalue weighted by atomic mass is 31.1. The summed E-state index contributed by atoms with van der Waals surface area (Å²) in [4.78, 5) is 0. The second kappa shape index (κ2) is 13.4. The molecule has 0 bridgehead atoms. The number of ether oxygens (including phenoxy) is 4. The highest BCUT2D eigenvalue weighted by Gasteiger charge is 2.32. The van der Waals surface area contributed by atoms with Crippen molar-refractivity contribution >= 4 is 18.5 Å². The Balaban J connectivity index is 1.48. The molecule has 0 spiro atoms. The van der Waals surface area contributed by atoms with Gasteiger partial charge in [0.05, 0.1) is 13.2 Å². The van der Waals surface area contributed by atoms with Gasteiger partial charge < -0.3 is 18.9 Å². The Morgan fingerprint density at radius 3 is 1.30 bits per heavy atom. The molecule has 4 rings (SSSR count). The van der Waals surface area contributed by atoms with Crippen molar-refractivity contribution in [1.82, 2.24) is 0 Å². The van der Waals surface area contributed by atoms with Crippen LogP contribution in [0.1, 0.15) is 31.9 Å². The van der Waals surface area contributed by atoms with Gasteiger partial charge in [-0.1, -0.05) is 118 Å². The SMILES string of the molecule is CC(C)(C)P(c1ccccc1OCOCc1ccccc1)c1ccccc1OCOCc1ccccc1. The molecule has 0 aliphatic rings. The van der Waals surface area contributed by atoms with Crippen LogP contribution in [0.3, 0.4) is 0 Å². The Kier molecular flexibility index (Phi) is 9.73. The fourth-order valence-corrected chi connectivity index (χ4v) is 6.95. The first-order valence-corrected chi connectivity index (χ1v) is 13.8. The van der Waals surface area contributed by atoms with Gasteiger partial charge in [-0.2, -0.15) is 0 Å². The van der Waals surface area contributed by atoms with E-state index in [4.69, 9.17) is 18.9 Å². The summed E-state index contributed by atoms with van der Waals surface area (Å²) in [6.07, 6.45) is 0. The van der Waals surface area contributed by atoms with Crippen LogP contribution < -0.4 is 20.1 Å². The van der Waals surface area contributed by atoms with Crippen LogP contribution in [0.25, 0.3) is 0 Å². The molecule has 0 radical (unpaired) electrons. The van der Waals surface area contributed by atoms with Gasteiger partial charge in [-0.3, -0.25) is 0 Å². The zero-order chi connectivity index (χ0) is 25.9. The minimum Gasteiger partial charge on any atom is -0.467 e. The third kappa shape index (κ3) is 7.90. The zero-order valence-corrected chi connectivity index (χ0v) is 22.7. The monoisotopic (exact) mass is 514 g/mol. The van der Waals surface area contributed by atoms with Crippen LogP contribution >= 0.6 is 7.92 Å². The Hall–Kier alpha value is -3.17. The van der Waals surface area contributed by atoms with Gasteiger partial charge in [0, 0.05) is 10.6 Å². The van der Waals surface area contributed by atoms with Crippen molar-refractivity contribution in [3.63, 3.8) is 0 Å². The highest BCUT2D eigenvalue weighted by molar-refractivity contribution is 7.74. The molecule has 4 aromatic rings. The highest BCUT2D eigenvalue weighted by Crippen LogP contribution is 2.51. The maximum atomic E-state index is 6.17. The molecule has 0 fully saturated rings. The van der Waals surface area contributed by atoms with Gasteiger partial charge in [-0.15, -0.1) is 0 Å². The van der Waals surface area contributed by atoms with E-state index in [2.05, 4.69) is 45.0 Å². The standard InChI is InChI=1S/C32H35O4P/c1-32(2,3)37(30-20-12-10-18-28(30)35-24-33-22-26-14-6-4-7-15-26)31-21-13-11-19-29(31)36-25-34-23-27-16-8-5-9-17-27/h4-21H,22-25H2,1-3H3. The molecule has 0 aliphatic carbocycles. The van der Waals surface area contributed by atoms with Crippen molar-refractivity contribution in [2.75, 3.05) is 13.6 Å². The minimum absolute atomic E-state index is 0.0376. The number of rotatable bonds is 12. The molecule has 0 heterocycles. The molecular formula is C32H35O4P. The van der Waals surface area contributed by atoms with Crippen molar-refractivity contribution in [3.05, 3.63) is 120 Å². The van der Waals surface area contributed by atoms with Crippen molar-refractivity contribution in [2.24, 2.45) is 0 Å². The zero-order valence-electron chi connectivity index (χ0n) is 21.8. The minimum atomic E-state index is -0.824. The molecule has 0 aliphatic heterocycles. The van der Waals surface area contributed by atoms with E-state index in [0.717, 1.165) is 33.2 Å². The molecule has 5 heteroatoms. The third-order valence-electron chi connectivity index (χ3n) is 5.70. The van der Waals surface area contributed by atoms with E-state index in [1.54, 1.807) is 0 Å². The average Bonchev–Trinajstić information content (AvgIpc) is 2.91. The number of benzene rings is 4. The van der Waals surface area contributed by atoms with Crippen molar-refractivity contribution < 1.29 is 18.9 Å². The summed E-state index contributed by atoms with van der Waals surface area (Å²) >= 11 is 0. The second-order valence-electron chi connectivity index (χ2n) is 9.63. The van der Waals surface area contributed by atoms with Gasteiger partial charge in [-0.05, 0) is 36.3 Å². The van der Waals surface area contributed by atoms with E-state index in [-0.39, 0.29) is 18.7 Å². The van der Waals surface area contributed by atoms with Crippen LogP contribution in [0.15, 0.2) is 109 Å². The lowest BCUT2D eigenvalue weighted by molar-refractivity contribution is 0.00562. The molecule has 0 N–H and O–H groups in total. The first kappa shape index (κ1) is 26.9. The Morgan fingerprint density at radius 2 is 0.892 bits per heavy atom. The molecule has 0 saturated carbocycles. The van der Waals surface area contributed by atoms with E-state index in [1.807, 2.05) is 84.9 Å². The topological polar surface area (TPSA) is 36.9 Å². The fraction of sp³-hybridized carbons (Fsp3) is 0.250. The predicted molar refractivity (Wildman–Crippen MR) is 152 cm³/mol. The summed E-state index contributed by atoms with van der Waals surface area (Å²) in [6.45, 7) is 8.20. The van der Waals surface area contributed by atoms with Crippen molar-refractivity contribution in [2.45, 2.75) is 39.1 Å². The summed E-state index contributed by atoms with van der Waals surface area (Å²) in [5, 5.41) is 2.29. The smallest absolute Gasteiger partial charge is 0.189 e. The normalized spacial score (nSPS) is 11.5. The van der Waals surface area contributed by atoms with Gasteiger partial charge in [0.1, 0.15) is 11.5 Å². The van der Waals surface area contributed by atoms with Crippen LogP contribution in [0.2, 0.25) is 0 Å². The molecule has 0 saturated heterocycles. The summed E-state index contributed by atoms with van der Waals surface area (Å²) in [7, 11) is -0.824. The van der Waals surface area contributed by atoms with Crippen LogP contribution in [0, 0.1) is 0 Å². The first-order chi connectivity index (χ1) is 18.0. The van der Waals surface area contributed by atoms with E-state index in [0.29, 0.717) is 13.2 Å². The molecular weight excluding hydrogens is 479 g/mol. The van der Waals surface area contributed by atoms with E-state index in [1.165, 1.54) is 0 Å². The first-order valence-electron chi connectivity index (χ1n) is 12.5. The maximum absolute atomic E-state index is 6.17. The molecule has 37 heavy (non-hydrogen) atoms. The van der Waals surface area contributed by atoms with Gasteiger partial charge in [-0.25, -0.2) is 0 Å².